The van der Waals surface area contributed by atoms with Crippen LogP contribution in [0.5, 0.6) is 0 Å². The van der Waals surface area contributed by atoms with Crippen LogP contribution in [-0.2, 0) is 14.2 Å². The van der Waals surface area contributed by atoms with Gasteiger partial charge in [0.2, 0.25) is 0 Å². The number of rotatable bonds is 10. The Morgan fingerprint density at radius 3 is 2.53 bits per heavy atom. The molecule has 3 atom stereocenters. The van der Waals surface area contributed by atoms with Gasteiger partial charge in [-0.25, -0.2) is 0 Å². The first-order valence-corrected chi connectivity index (χ1v) is 6.69. The Hall–Kier alpha value is -0.160. The number of hydrogen-bond donors (Lipinski definition) is 1. The van der Waals surface area contributed by atoms with Crippen molar-refractivity contribution in [3.8, 4) is 0 Å². The Morgan fingerprint density at radius 2 is 1.88 bits per heavy atom. The zero-order valence-electron chi connectivity index (χ0n) is 11.1. The zero-order chi connectivity index (χ0) is 12.5. The van der Waals surface area contributed by atoms with Gasteiger partial charge in [-0.05, 0) is 6.42 Å². The van der Waals surface area contributed by atoms with E-state index in [9.17, 15) is 5.11 Å². The lowest BCUT2D eigenvalue weighted by Crippen LogP contribution is -2.54. The maximum Gasteiger partial charge on any atom is 0.110 e. The van der Waals surface area contributed by atoms with E-state index in [1.165, 1.54) is 19.3 Å². The van der Waals surface area contributed by atoms with Crippen LogP contribution in [-0.4, -0.2) is 50.3 Å². The average Bonchev–Trinajstić information content (AvgIpc) is 2.33. The highest BCUT2D eigenvalue weighted by Crippen LogP contribution is 2.27. The van der Waals surface area contributed by atoms with Crippen LogP contribution in [0.25, 0.3) is 0 Å². The standard InChI is InChI=1S/C13H26O4/c1-3-4-5-6-7-16-12-10-11(14)13(12)17-9-8-15-2/h11-14H,3-10H2,1-2H3. The van der Waals surface area contributed by atoms with Crippen molar-refractivity contribution in [3.63, 3.8) is 0 Å². The highest BCUT2D eigenvalue weighted by Gasteiger charge is 2.41. The molecule has 1 aliphatic rings. The third kappa shape index (κ3) is 5.34. The first-order chi connectivity index (χ1) is 8.29. The highest BCUT2D eigenvalue weighted by atomic mass is 16.6. The van der Waals surface area contributed by atoms with Gasteiger partial charge in [0.15, 0.2) is 0 Å². The van der Waals surface area contributed by atoms with Crippen molar-refractivity contribution in [1.82, 2.24) is 0 Å². The minimum Gasteiger partial charge on any atom is -0.390 e. The quantitative estimate of drug-likeness (QED) is 0.597. The summed E-state index contributed by atoms with van der Waals surface area (Å²) in [5.74, 6) is 0. The highest BCUT2D eigenvalue weighted by molar-refractivity contribution is 4.91. The van der Waals surface area contributed by atoms with Crippen LogP contribution in [0.15, 0.2) is 0 Å². The van der Waals surface area contributed by atoms with E-state index in [2.05, 4.69) is 6.92 Å². The number of methoxy groups -OCH3 is 1. The fourth-order valence-corrected chi connectivity index (χ4v) is 1.97. The molecule has 1 aliphatic carbocycles. The van der Waals surface area contributed by atoms with E-state index in [0.29, 0.717) is 19.6 Å². The molecule has 0 aliphatic heterocycles. The SMILES string of the molecule is CCCCCCOC1CC(O)C1OCCOC. The van der Waals surface area contributed by atoms with E-state index < -0.39 is 0 Å². The zero-order valence-corrected chi connectivity index (χ0v) is 11.1. The summed E-state index contributed by atoms with van der Waals surface area (Å²) in [6.07, 6.45) is 5.08. The van der Waals surface area contributed by atoms with E-state index in [-0.39, 0.29) is 18.3 Å². The number of unbranched alkanes of at least 4 members (excludes halogenated alkanes) is 3. The molecule has 0 aromatic heterocycles. The number of hydrogen-bond acceptors (Lipinski definition) is 4. The Morgan fingerprint density at radius 1 is 1.06 bits per heavy atom. The molecular weight excluding hydrogens is 220 g/mol. The summed E-state index contributed by atoms with van der Waals surface area (Å²) < 4.78 is 16.1. The smallest absolute Gasteiger partial charge is 0.110 e. The fourth-order valence-electron chi connectivity index (χ4n) is 1.97. The molecule has 0 radical (unpaired) electrons. The molecule has 1 rings (SSSR count). The third-order valence-electron chi connectivity index (χ3n) is 3.15. The largest absolute Gasteiger partial charge is 0.390 e. The van der Waals surface area contributed by atoms with Crippen LogP contribution in [0.3, 0.4) is 0 Å². The van der Waals surface area contributed by atoms with Gasteiger partial charge in [0, 0.05) is 20.1 Å². The number of ether oxygens (including phenoxy) is 3. The van der Waals surface area contributed by atoms with Crippen LogP contribution >= 0.6 is 0 Å². The lowest BCUT2D eigenvalue weighted by Gasteiger charge is -2.40. The van der Waals surface area contributed by atoms with Crippen molar-refractivity contribution < 1.29 is 19.3 Å². The van der Waals surface area contributed by atoms with Gasteiger partial charge in [-0.2, -0.15) is 0 Å². The summed E-state index contributed by atoms with van der Waals surface area (Å²) in [5.41, 5.74) is 0. The van der Waals surface area contributed by atoms with Crippen LogP contribution in [0, 0.1) is 0 Å². The van der Waals surface area contributed by atoms with Gasteiger partial charge in [-0.3, -0.25) is 0 Å². The lowest BCUT2D eigenvalue weighted by molar-refractivity contribution is -0.195. The molecular formula is C13H26O4. The average molecular weight is 246 g/mol. The van der Waals surface area contributed by atoms with E-state index in [1.54, 1.807) is 7.11 Å². The monoisotopic (exact) mass is 246 g/mol. The molecule has 1 N–H and O–H groups in total. The van der Waals surface area contributed by atoms with Gasteiger partial charge in [0.05, 0.1) is 25.4 Å². The maximum atomic E-state index is 9.57. The molecule has 102 valence electrons. The molecule has 0 saturated heterocycles. The molecule has 0 amide bonds. The Labute approximate surface area is 104 Å². The van der Waals surface area contributed by atoms with Gasteiger partial charge in [0.1, 0.15) is 6.10 Å². The molecule has 0 bridgehead atoms. The van der Waals surface area contributed by atoms with E-state index >= 15 is 0 Å². The van der Waals surface area contributed by atoms with Gasteiger partial charge in [-0.15, -0.1) is 0 Å². The van der Waals surface area contributed by atoms with E-state index in [1.807, 2.05) is 0 Å². The normalized spacial score (nSPS) is 28.1. The van der Waals surface area contributed by atoms with Gasteiger partial charge >= 0.3 is 0 Å². The second-order valence-corrected chi connectivity index (χ2v) is 4.60. The van der Waals surface area contributed by atoms with Crippen LogP contribution < -0.4 is 0 Å². The van der Waals surface area contributed by atoms with Crippen molar-refractivity contribution in [1.29, 1.82) is 0 Å². The molecule has 1 saturated carbocycles. The molecule has 1 fully saturated rings. The predicted molar refractivity (Wildman–Crippen MR) is 66.1 cm³/mol. The second-order valence-electron chi connectivity index (χ2n) is 4.60. The first kappa shape index (κ1) is 14.9. The minimum absolute atomic E-state index is 0.0727. The molecule has 3 unspecified atom stereocenters. The van der Waals surface area contributed by atoms with Crippen LogP contribution in [0.1, 0.15) is 39.0 Å². The topological polar surface area (TPSA) is 47.9 Å². The number of aliphatic hydroxyl groups is 1. The maximum absolute atomic E-state index is 9.57. The third-order valence-corrected chi connectivity index (χ3v) is 3.15. The van der Waals surface area contributed by atoms with Gasteiger partial charge in [0.25, 0.3) is 0 Å². The van der Waals surface area contributed by atoms with Gasteiger partial charge < -0.3 is 19.3 Å². The van der Waals surface area contributed by atoms with Crippen LogP contribution in [0.2, 0.25) is 0 Å². The first-order valence-electron chi connectivity index (χ1n) is 6.69. The molecule has 4 heteroatoms. The van der Waals surface area contributed by atoms with E-state index in [0.717, 1.165) is 13.0 Å². The van der Waals surface area contributed by atoms with Crippen molar-refractivity contribution in [3.05, 3.63) is 0 Å². The molecule has 17 heavy (non-hydrogen) atoms. The fraction of sp³-hybridized carbons (Fsp3) is 1.00. The van der Waals surface area contributed by atoms with Crippen molar-refractivity contribution in [2.75, 3.05) is 26.9 Å². The van der Waals surface area contributed by atoms with Crippen LogP contribution in [0.4, 0.5) is 0 Å². The molecule has 0 spiro atoms. The molecule has 4 nitrogen and oxygen atoms in total. The summed E-state index contributed by atoms with van der Waals surface area (Å²) in [4.78, 5) is 0. The van der Waals surface area contributed by atoms with E-state index in [4.69, 9.17) is 14.2 Å². The summed E-state index contributed by atoms with van der Waals surface area (Å²) >= 11 is 0. The van der Waals surface area contributed by atoms with Crippen molar-refractivity contribution in [2.45, 2.75) is 57.3 Å². The van der Waals surface area contributed by atoms with Crippen molar-refractivity contribution in [2.24, 2.45) is 0 Å². The van der Waals surface area contributed by atoms with Crippen molar-refractivity contribution >= 4 is 0 Å². The Balaban J connectivity index is 2.03. The summed E-state index contributed by atoms with van der Waals surface area (Å²) in [6, 6.07) is 0. The Bertz CT molecular complexity index is 186. The molecule has 0 aromatic carbocycles. The second kappa shape index (κ2) is 8.86. The van der Waals surface area contributed by atoms with Gasteiger partial charge in [-0.1, -0.05) is 26.2 Å². The summed E-state index contributed by atoms with van der Waals surface area (Å²) in [5, 5.41) is 9.57. The lowest BCUT2D eigenvalue weighted by atomic mass is 9.88. The summed E-state index contributed by atoms with van der Waals surface area (Å²) in [7, 11) is 1.64. The minimum atomic E-state index is -0.368. The molecule has 0 heterocycles. The molecule has 0 aromatic rings. The predicted octanol–water partition coefficient (Wildman–Crippen LogP) is 1.75. The summed E-state index contributed by atoms with van der Waals surface area (Å²) in [6.45, 7) is 4.06. The number of aliphatic hydroxyl groups excluding tert-OH is 1. The Kier molecular flexibility index (Phi) is 7.77.